The van der Waals surface area contributed by atoms with Crippen molar-refractivity contribution in [1.82, 2.24) is 15.2 Å². The van der Waals surface area contributed by atoms with Gasteiger partial charge >= 0.3 is 0 Å². The number of hydrogen-bond acceptors (Lipinski definition) is 4. The lowest BCUT2D eigenvalue weighted by Crippen LogP contribution is -2.34. The summed E-state index contributed by atoms with van der Waals surface area (Å²) < 4.78 is 18.0. The molecule has 6 heteroatoms. The van der Waals surface area contributed by atoms with Crippen molar-refractivity contribution < 1.29 is 13.6 Å². The average Bonchev–Trinajstić information content (AvgIpc) is 2.93. The highest BCUT2D eigenvalue weighted by molar-refractivity contribution is 5.93. The Morgan fingerprint density at radius 1 is 1.45 bits per heavy atom. The van der Waals surface area contributed by atoms with Crippen molar-refractivity contribution in [2.45, 2.75) is 6.04 Å². The summed E-state index contributed by atoms with van der Waals surface area (Å²) in [6.45, 7) is 0.386. The molecule has 2 aromatic rings. The molecule has 1 atom stereocenters. The van der Waals surface area contributed by atoms with Gasteiger partial charge in [0.15, 0.2) is 0 Å². The van der Waals surface area contributed by atoms with E-state index in [2.05, 4.69) is 10.3 Å². The summed E-state index contributed by atoms with van der Waals surface area (Å²) in [5, 5.41) is 2.79. The summed E-state index contributed by atoms with van der Waals surface area (Å²) in [6, 6.07) is 6.15. The predicted octanol–water partition coefficient (Wildman–Crippen LogP) is 1.85. The number of nitrogens with zero attached hydrogens (tertiary/aromatic N) is 2. The minimum Gasteiger partial charge on any atom is -0.468 e. The second kappa shape index (κ2) is 6.29. The fourth-order valence-corrected chi connectivity index (χ4v) is 1.82. The molecule has 1 amide bonds. The predicted molar refractivity (Wildman–Crippen MR) is 71.7 cm³/mol. The van der Waals surface area contributed by atoms with Gasteiger partial charge in [-0.1, -0.05) is 0 Å². The van der Waals surface area contributed by atoms with Gasteiger partial charge in [0.2, 0.25) is 5.95 Å². The van der Waals surface area contributed by atoms with Crippen LogP contribution in [0.3, 0.4) is 0 Å². The number of nitrogens with one attached hydrogen (secondary N) is 1. The Balaban J connectivity index is 1.99. The lowest BCUT2D eigenvalue weighted by Gasteiger charge is -2.22. The molecular formula is C14H16FN3O2. The first-order valence-electron chi connectivity index (χ1n) is 6.17. The zero-order valence-corrected chi connectivity index (χ0v) is 11.3. The van der Waals surface area contributed by atoms with Crippen LogP contribution in [-0.2, 0) is 0 Å². The maximum absolute atomic E-state index is 12.7. The molecule has 0 spiro atoms. The summed E-state index contributed by atoms with van der Waals surface area (Å²) in [6.07, 6.45) is 2.81. The molecule has 5 nitrogen and oxygen atoms in total. The van der Waals surface area contributed by atoms with Gasteiger partial charge in [-0.05, 0) is 38.4 Å². The summed E-state index contributed by atoms with van der Waals surface area (Å²) in [7, 11) is 3.80. The number of carbonyl (C=O) groups is 1. The van der Waals surface area contributed by atoms with Crippen LogP contribution < -0.4 is 5.32 Å². The first kappa shape index (κ1) is 14.2. The topological polar surface area (TPSA) is 58.4 Å². The summed E-state index contributed by atoms with van der Waals surface area (Å²) in [4.78, 5) is 17.3. The number of rotatable bonds is 5. The number of likely N-dealkylation sites (N-methyl/N-ethyl adjacent to an activating group) is 1. The highest BCUT2D eigenvalue weighted by Crippen LogP contribution is 2.17. The molecule has 20 heavy (non-hydrogen) atoms. The van der Waals surface area contributed by atoms with Gasteiger partial charge in [-0.15, -0.1) is 0 Å². The highest BCUT2D eigenvalue weighted by Gasteiger charge is 2.18. The van der Waals surface area contributed by atoms with Crippen molar-refractivity contribution in [3.8, 4) is 0 Å². The molecule has 0 aliphatic heterocycles. The lowest BCUT2D eigenvalue weighted by molar-refractivity contribution is 0.0938. The molecule has 0 saturated heterocycles. The number of furan rings is 1. The van der Waals surface area contributed by atoms with Crippen LogP contribution in [0.15, 0.2) is 41.1 Å². The number of hydrogen-bond donors (Lipinski definition) is 1. The normalized spacial score (nSPS) is 12.4. The largest absolute Gasteiger partial charge is 0.468 e. The van der Waals surface area contributed by atoms with Gasteiger partial charge in [0.05, 0.1) is 17.9 Å². The van der Waals surface area contributed by atoms with Crippen LogP contribution >= 0.6 is 0 Å². The van der Waals surface area contributed by atoms with Crippen molar-refractivity contribution in [2.24, 2.45) is 0 Å². The minimum atomic E-state index is -0.608. The van der Waals surface area contributed by atoms with Crippen LogP contribution in [-0.4, -0.2) is 36.4 Å². The Morgan fingerprint density at radius 3 is 2.80 bits per heavy atom. The van der Waals surface area contributed by atoms with E-state index in [1.54, 1.807) is 12.3 Å². The maximum atomic E-state index is 12.7. The van der Waals surface area contributed by atoms with Crippen molar-refractivity contribution in [3.05, 3.63) is 54.0 Å². The maximum Gasteiger partial charge on any atom is 0.252 e. The van der Waals surface area contributed by atoms with Crippen LogP contribution in [0.4, 0.5) is 4.39 Å². The second-order valence-corrected chi connectivity index (χ2v) is 4.57. The highest BCUT2D eigenvalue weighted by atomic mass is 19.1. The van der Waals surface area contributed by atoms with Crippen molar-refractivity contribution in [2.75, 3.05) is 20.6 Å². The second-order valence-electron chi connectivity index (χ2n) is 4.57. The standard InChI is InChI=1S/C14H16FN3O2/c1-18(2)11(12-4-3-7-20-12)9-17-14(19)10-5-6-13(15)16-8-10/h3-8,11H,9H2,1-2H3,(H,17,19). The molecular weight excluding hydrogens is 261 g/mol. The van der Waals surface area contributed by atoms with Gasteiger partial charge in [-0.3, -0.25) is 9.69 Å². The number of amides is 1. The molecule has 0 radical (unpaired) electrons. The Bertz CT molecular complexity index is 552. The van der Waals surface area contributed by atoms with Crippen LogP contribution in [0, 0.1) is 5.95 Å². The molecule has 2 rings (SSSR count). The molecule has 2 aromatic heterocycles. The monoisotopic (exact) mass is 277 g/mol. The number of halogens is 1. The van der Waals surface area contributed by atoms with E-state index in [1.807, 2.05) is 25.1 Å². The smallest absolute Gasteiger partial charge is 0.252 e. The quantitative estimate of drug-likeness (QED) is 0.847. The van der Waals surface area contributed by atoms with Crippen molar-refractivity contribution >= 4 is 5.91 Å². The zero-order valence-electron chi connectivity index (χ0n) is 11.3. The fourth-order valence-electron chi connectivity index (χ4n) is 1.82. The van der Waals surface area contributed by atoms with E-state index >= 15 is 0 Å². The van der Waals surface area contributed by atoms with Gasteiger partial charge < -0.3 is 9.73 Å². The molecule has 0 bridgehead atoms. The molecule has 1 N–H and O–H groups in total. The van der Waals surface area contributed by atoms with Gasteiger partial charge in [0.1, 0.15) is 5.76 Å². The van der Waals surface area contributed by atoms with Crippen LogP contribution in [0.5, 0.6) is 0 Å². The van der Waals surface area contributed by atoms with E-state index in [1.165, 1.54) is 12.3 Å². The van der Waals surface area contributed by atoms with E-state index in [4.69, 9.17) is 4.42 Å². The van der Waals surface area contributed by atoms with Crippen LogP contribution in [0.2, 0.25) is 0 Å². The summed E-state index contributed by atoms with van der Waals surface area (Å²) in [5.41, 5.74) is 0.323. The first-order chi connectivity index (χ1) is 9.58. The molecule has 2 heterocycles. The van der Waals surface area contributed by atoms with Gasteiger partial charge in [-0.25, -0.2) is 4.98 Å². The van der Waals surface area contributed by atoms with E-state index in [0.717, 1.165) is 11.8 Å². The summed E-state index contributed by atoms with van der Waals surface area (Å²) in [5.74, 6) is -0.133. The molecule has 0 aromatic carbocycles. The molecule has 0 fully saturated rings. The van der Waals surface area contributed by atoms with Gasteiger partial charge in [0.25, 0.3) is 5.91 Å². The average molecular weight is 277 g/mol. The third-order valence-electron chi connectivity index (χ3n) is 2.94. The van der Waals surface area contributed by atoms with Crippen molar-refractivity contribution in [1.29, 1.82) is 0 Å². The molecule has 0 aliphatic carbocycles. The SMILES string of the molecule is CN(C)C(CNC(=O)c1ccc(F)nc1)c1ccco1. The van der Waals surface area contributed by atoms with E-state index in [-0.39, 0.29) is 11.9 Å². The van der Waals surface area contributed by atoms with E-state index in [9.17, 15) is 9.18 Å². The van der Waals surface area contributed by atoms with Gasteiger partial charge in [-0.2, -0.15) is 4.39 Å². The minimum absolute atomic E-state index is 0.0673. The molecule has 1 unspecified atom stereocenters. The number of aromatic nitrogens is 1. The van der Waals surface area contributed by atoms with Crippen LogP contribution in [0.25, 0.3) is 0 Å². The zero-order chi connectivity index (χ0) is 14.5. The van der Waals surface area contributed by atoms with E-state index < -0.39 is 5.95 Å². The third-order valence-corrected chi connectivity index (χ3v) is 2.94. The number of carbonyl (C=O) groups excluding carboxylic acids is 1. The van der Waals surface area contributed by atoms with E-state index in [0.29, 0.717) is 12.1 Å². The third kappa shape index (κ3) is 3.42. The van der Waals surface area contributed by atoms with Crippen molar-refractivity contribution in [3.63, 3.8) is 0 Å². The van der Waals surface area contributed by atoms with Crippen LogP contribution in [0.1, 0.15) is 22.2 Å². The molecule has 0 aliphatic rings. The summed E-state index contributed by atoms with van der Waals surface area (Å²) >= 11 is 0. The Labute approximate surface area is 116 Å². The Kier molecular flexibility index (Phi) is 4.47. The molecule has 0 saturated carbocycles. The first-order valence-corrected chi connectivity index (χ1v) is 6.17. The Hall–Kier alpha value is -2.21. The fraction of sp³-hybridized carbons (Fsp3) is 0.286. The van der Waals surface area contributed by atoms with Gasteiger partial charge in [0, 0.05) is 12.7 Å². The Morgan fingerprint density at radius 2 is 2.25 bits per heavy atom. The lowest BCUT2D eigenvalue weighted by atomic mass is 10.2. The number of pyridine rings is 1. The molecule has 106 valence electrons.